The summed E-state index contributed by atoms with van der Waals surface area (Å²) >= 11 is 0. The molecule has 1 saturated heterocycles. The van der Waals surface area contributed by atoms with Crippen molar-refractivity contribution in [3.63, 3.8) is 0 Å². The van der Waals surface area contributed by atoms with E-state index in [2.05, 4.69) is 17.1 Å². The number of amides is 2. The number of piperidine rings is 1. The number of nitrogens with zero attached hydrogens (tertiary/aromatic N) is 2. The number of hydrogen-bond donors (Lipinski definition) is 3. The highest BCUT2D eigenvalue weighted by Crippen LogP contribution is 2.64. The lowest BCUT2D eigenvalue weighted by molar-refractivity contribution is -0.182. The van der Waals surface area contributed by atoms with Crippen LogP contribution in [0.2, 0.25) is 0 Å². The highest BCUT2D eigenvalue weighted by Gasteiger charge is 2.68. The normalized spacial score (nSPS) is 46.4. The molecule has 0 spiro atoms. The van der Waals surface area contributed by atoms with Crippen molar-refractivity contribution >= 4 is 11.8 Å². The molecule has 1 aliphatic heterocycles. The molecule has 31 heavy (non-hydrogen) atoms. The van der Waals surface area contributed by atoms with Gasteiger partial charge < -0.3 is 16.2 Å². The third-order valence-electron chi connectivity index (χ3n) is 9.26. The molecule has 7 unspecified atom stereocenters. The third-order valence-corrected chi connectivity index (χ3v) is 9.26. The van der Waals surface area contributed by atoms with Gasteiger partial charge in [0.25, 0.3) is 5.91 Å². The fourth-order valence-corrected chi connectivity index (χ4v) is 7.96. The van der Waals surface area contributed by atoms with Crippen LogP contribution in [0.4, 0.5) is 0 Å². The van der Waals surface area contributed by atoms with Crippen molar-refractivity contribution in [1.82, 2.24) is 10.2 Å². The number of fused-ring (bicyclic) bond motifs is 1. The second-order valence-electron chi connectivity index (χ2n) is 12.2. The maximum absolute atomic E-state index is 14.1. The van der Waals surface area contributed by atoms with Crippen LogP contribution in [0, 0.1) is 35.2 Å². The molecular weight excluding hydrogens is 392 g/mol. The summed E-state index contributed by atoms with van der Waals surface area (Å²) in [6, 6.07) is -1.31. The minimum Gasteiger partial charge on any atom is -0.390 e. The Labute approximate surface area is 184 Å². The fraction of sp³-hybridized carbons (Fsp3) is 0.875. The number of hydrogen-bond acceptors (Lipinski definition) is 4. The summed E-state index contributed by atoms with van der Waals surface area (Å²) in [5, 5.41) is 14.4. The SMILES string of the molecule is [C-]#[N+]C1CC2(C)CC2N1C(=O)C(NC(=O)C(N)C(C)C)C12CC3CC(CC(O)(C3)C1)C2. The lowest BCUT2D eigenvalue weighted by Crippen LogP contribution is -2.67. The van der Waals surface area contributed by atoms with E-state index in [1.165, 1.54) is 0 Å². The van der Waals surface area contributed by atoms with Gasteiger partial charge in [-0.05, 0) is 68.1 Å². The van der Waals surface area contributed by atoms with Crippen LogP contribution in [0.1, 0.15) is 72.1 Å². The van der Waals surface area contributed by atoms with Crippen molar-refractivity contribution in [3.05, 3.63) is 11.4 Å². The molecule has 2 amide bonds. The Kier molecular flexibility index (Phi) is 4.57. The van der Waals surface area contributed by atoms with Crippen LogP contribution in [0.3, 0.4) is 0 Å². The molecule has 7 atom stereocenters. The van der Waals surface area contributed by atoms with Gasteiger partial charge in [-0.3, -0.25) is 19.3 Å². The largest absolute Gasteiger partial charge is 0.390 e. The van der Waals surface area contributed by atoms with E-state index in [0.29, 0.717) is 24.7 Å². The first-order chi connectivity index (χ1) is 14.5. The van der Waals surface area contributed by atoms with Crippen molar-refractivity contribution in [3.8, 4) is 0 Å². The Morgan fingerprint density at radius 1 is 1.16 bits per heavy atom. The molecule has 7 nitrogen and oxygen atoms in total. The predicted molar refractivity (Wildman–Crippen MR) is 115 cm³/mol. The summed E-state index contributed by atoms with van der Waals surface area (Å²) < 4.78 is 0. The summed E-state index contributed by atoms with van der Waals surface area (Å²) in [5.41, 5.74) is 5.02. The molecular formula is C24H36N4O3. The predicted octanol–water partition coefficient (Wildman–Crippen LogP) is 2.04. The van der Waals surface area contributed by atoms with Crippen molar-refractivity contribution in [2.75, 3.05) is 0 Å². The second-order valence-corrected chi connectivity index (χ2v) is 12.2. The number of nitrogens with two attached hydrogens (primary N) is 1. The van der Waals surface area contributed by atoms with Crippen LogP contribution >= 0.6 is 0 Å². The minimum atomic E-state index is -0.730. The van der Waals surface area contributed by atoms with Crippen molar-refractivity contribution < 1.29 is 14.7 Å². The molecule has 0 aromatic rings. The molecule has 6 rings (SSSR count). The average Bonchev–Trinajstić information content (AvgIpc) is 3.23. The van der Waals surface area contributed by atoms with Crippen molar-refractivity contribution in [1.29, 1.82) is 0 Å². The third kappa shape index (κ3) is 3.21. The molecule has 1 heterocycles. The van der Waals surface area contributed by atoms with Crippen molar-refractivity contribution in [2.24, 2.45) is 34.3 Å². The first-order valence-electron chi connectivity index (χ1n) is 12.0. The maximum atomic E-state index is 14.1. The smallest absolute Gasteiger partial charge is 0.301 e. The molecule has 4 bridgehead atoms. The van der Waals surface area contributed by atoms with E-state index in [-0.39, 0.29) is 29.2 Å². The summed E-state index contributed by atoms with van der Waals surface area (Å²) in [6.45, 7) is 13.6. The highest BCUT2D eigenvalue weighted by atomic mass is 16.3. The summed E-state index contributed by atoms with van der Waals surface area (Å²) in [5.74, 6) is 0.346. The Bertz CT molecular complexity index is 836. The van der Waals surface area contributed by atoms with Gasteiger partial charge in [-0.2, -0.15) is 0 Å². The quantitative estimate of drug-likeness (QED) is 0.584. The number of carbonyl (C=O) groups excluding carboxylic acids is 2. The van der Waals surface area contributed by atoms with Gasteiger partial charge in [0, 0.05) is 11.5 Å². The number of rotatable bonds is 5. The van der Waals surface area contributed by atoms with E-state index < -0.39 is 29.3 Å². The summed E-state index contributed by atoms with van der Waals surface area (Å²) in [6.07, 6.45) is 6.18. The minimum absolute atomic E-state index is 0.0352. The molecule has 6 fully saturated rings. The first kappa shape index (κ1) is 21.2. The highest BCUT2D eigenvalue weighted by molar-refractivity contribution is 5.91. The Morgan fingerprint density at radius 2 is 1.81 bits per heavy atom. The van der Waals surface area contributed by atoms with Crippen LogP contribution in [0.25, 0.3) is 4.85 Å². The monoisotopic (exact) mass is 428 g/mol. The average molecular weight is 429 g/mol. The van der Waals surface area contributed by atoms with Gasteiger partial charge >= 0.3 is 6.17 Å². The van der Waals surface area contributed by atoms with Gasteiger partial charge in [0.05, 0.1) is 18.1 Å². The molecule has 170 valence electrons. The first-order valence-corrected chi connectivity index (χ1v) is 12.0. The van der Waals surface area contributed by atoms with Gasteiger partial charge in [0.1, 0.15) is 6.04 Å². The van der Waals surface area contributed by atoms with E-state index in [4.69, 9.17) is 12.3 Å². The number of aliphatic hydroxyl groups is 1. The molecule has 0 aromatic carbocycles. The Balaban J connectivity index is 1.49. The van der Waals surface area contributed by atoms with Gasteiger partial charge in [0.2, 0.25) is 5.91 Å². The second kappa shape index (κ2) is 6.68. The van der Waals surface area contributed by atoms with E-state index in [9.17, 15) is 14.7 Å². The summed E-state index contributed by atoms with van der Waals surface area (Å²) in [4.78, 5) is 32.7. The van der Waals surface area contributed by atoms with Crippen LogP contribution in [-0.4, -0.2) is 51.7 Å². The van der Waals surface area contributed by atoms with Gasteiger partial charge in [0.15, 0.2) is 0 Å². The molecule has 0 aromatic heterocycles. The topological polar surface area (TPSA) is 100 Å². The zero-order valence-corrected chi connectivity index (χ0v) is 18.9. The molecule has 0 radical (unpaired) electrons. The van der Waals surface area contributed by atoms with Crippen LogP contribution in [0.15, 0.2) is 0 Å². The van der Waals surface area contributed by atoms with Gasteiger partial charge in [-0.1, -0.05) is 20.8 Å². The number of nitrogens with one attached hydrogen (secondary N) is 1. The number of carbonyl (C=O) groups is 2. The van der Waals surface area contributed by atoms with Gasteiger partial charge in [-0.25, -0.2) is 6.57 Å². The zero-order valence-electron chi connectivity index (χ0n) is 18.9. The van der Waals surface area contributed by atoms with E-state index in [1.807, 2.05) is 13.8 Å². The molecule has 5 aliphatic carbocycles. The lowest BCUT2D eigenvalue weighted by Gasteiger charge is -2.62. The van der Waals surface area contributed by atoms with Crippen molar-refractivity contribution in [2.45, 2.75) is 102 Å². The zero-order chi connectivity index (χ0) is 22.3. The Hall–Kier alpha value is -1.65. The van der Waals surface area contributed by atoms with E-state index in [1.54, 1.807) is 4.90 Å². The molecule has 6 aliphatic rings. The van der Waals surface area contributed by atoms with Crippen LogP contribution in [-0.2, 0) is 9.59 Å². The molecule has 7 heteroatoms. The maximum Gasteiger partial charge on any atom is 0.301 e. The fourth-order valence-electron chi connectivity index (χ4n) is 7.96. The van der Waals surface area contributed by atoms with Gasteiger partial charge in [-0.15, -0.1) is 0 Å². The van der Waals surface area contributed by atoms with E-state index in [0.717, 1.165) is 38.5 Å². The van der Waals surface area contributed by atoms with Crippen LogP contribution in [0.5, 0.6) is 0 Å². The van der Waals surface area contributed by atoms with Crippen LogP contribution < -0.4 is 11.1 Å². The summed E-state index contributed by atoms with van der Waals surface area (Å²) in [7, 11) is 0. The lowest BCUT2D eigenvalue weighted by atomic mass is 9.46. The Morgan fingerprint density at radius 3 is 2.35 bits per heavy atom. The standard InChI is InChI=1S/C24H36N4O3/c1-13(2)18(25)20(29)27-19(21(30)28-16-10-22(16,3)11-17(28)26-4)23-6-14-5-15(7-23)9-24(31,8-14)12-23/h13-19,31H,5-12,25H2,1-3H3,(H,27,29). The molecule has 4 N–H and O–H groups in total. The number of likely N-dealkylation sites (tertiary alicyclic amines) is 1. The molecule has 5 saturated carbocycles. The van der Waals surface area contributed by atoms with E-state index >= 15 is 0 Å².